The Kier molecular flexibility index (Phi) is 4.15. The van der Waals surface area contributed by atoms with Crippen LogP contribution in [0.25, 0.3) is 0 Å². The molecule has 114 valence electrons. The van der Waals surface area contributed by atoms with Gasteiger partial charge in [0.2, 0.25) is 0 Å². The second-order valence-corrected chi connectivity index (χ2v) is 6.42. The molecule has 2 aliphatic rings. The summed E-state index contributed by atoms with van der Waals surface area (Å²) >= 11 is 0. The van der Waals surface area contributed by atoms with Crippen LogP contribution in [0.1, 0.15) is 37.7 Å². The maximum absolute atomic E-state index is 11.6. The molecule has 2 aliphatic carbocycles. The van der Waals surface area contributed by atoms with Crippen molar-refractivity contribution in [3.05, 3.63) is 35.9 Å². The minimum Gasteiger partial charge on any atom is -0.445 e. The van der Waals surface area contributed by atoms with E-state index in [1.807, 2.05) is 30.3 Å². The summed E-state index contributed by atoms with van der Waals surface area (Å²) in [6.45, 7) is 0.759. The molecule has 0 aromatic heterocycles. The van der Waals surface area contributed by atoms with Gasteiger partial charge >= 0.3 is 6.09 Å². The van der Waals surface area contributed by atoms with E-state index in [2.05, 4.69) is 5.32 Å². The molecule has 0 spiro atoms. The van der Waals surface area contributed by atoms with Crippen LogP contribution < -0.4 is 5.32 Å². The lowest BCUT2D eigenvalue weighted by Gasteiger charge is -2.32. The second-order valence-electron chi connectivity index (χ2n) is 6.42. The number of ether oxygens (including phenoxy) is 1. The molecule has 4 heteroatoms. The smallest absolute Gasteiger partial charge is 0.407 e. The van der Waals surface area contributed by atoms with E-state index in [0.717, 1.165) is 24.8 Å². The lowest BCUT2D eigenvalue weighted by atomic mass is 9.82. The molecule has 2 fully saturated rings. The van der Waals surface area contributed by atoms with Crippen molar-refractivity contribution >= 4 is 6.09 Å². The summed E-state index contributed by atoms with van der Waals surface area (Å²) in [5, 5.41) is 13.4. The van der Waals surface area contributed by atoms with Crippen molar-refractivity contribution in [2.75, 3.05) is 6.54 Å². The Hall–Kier alpha value is -1.55. The van der Waals surface area contributed by atoms with Crippen LogP contribution in [0, 0.1) is 11.8 Å². The lowest BCUT2D eigenvalue weighted by Crippen LogP contribution is -2.39. The first-order valence-corrected chi connectivity index (χ1v) is 7.83. The Labute approximate surface area is 125 Å². The summed E-state index contributed by atoms with van der Waals surface area (Å²) in [7, 11) is 0. The first kappa shape index (κ1) is 14.4. The largest absolute Gasteiger partial charge is 0.445 e. The van der Waals surface area contributed by atoms with Gasteiger partial charge in [-0.3, -0.25) is 0 Å². The molecule has 2 N–H and O–H groups in total. The molecular weight excluding hydrogens is 266 g/mol. The fourth-order valence-electron chi connectivity index (χ4n) is 3.88. The summed E-state index contributed by atoms with van der Waals surface area (Å²) in [4.78, 5) is 11.6. The number of rotatable bonds is 5. The molecule has 2 bridgehead atoms. The SMILES string of the molecule is O=C(NCCC1(O)CC2CCC1C2)OCc1ccccc1. The zero-order valence-corrected chi connectivity index (χ0v) is 12.3. The fraction of sp³-hybridized carbons (Fsp3) is 0.588. The molecule has 0 radical (unpaired) electrons. The minimum atomic E-state index is -0.560. The van der Waals surface area contributed by atoms with E-state index >= 15 is 0 Å². The molecule has 1 aromatic rings. The topological polar surface area (TPSA) is 58.6 Å². The first-order valence-electron chi connectivity index (χ1n) is 7.83. The van der Waals surface area contributed by atoms with Crippen molar-refractivity contribution in [1.82, 2.24) is 5.32 Å². The summed E-state index contributed by atoms with van der Waals surface area (Å²) in [6, 6.07) is 9.61. The molecule has 21 heavy (non-hydrogen) atoms. The number of nitrogens with one attached hydrogen (secondary N) is 1. The molecule has 0 aliphatic heterocycles. The van der Waals surface area contributed by atoms with E-state index in [9.17, 15) is 9.90 Å². The predicted molar refractivity (Wildman–Crippen MR) is 79.6 cm³/mol. The van der Waals surface area contributed by atoms with E-state index < -0.39 is 11.7 Å². The van der Waals surface area contributed by atoms with E-state index in [4.69, 9.17) is 4.74 Å². The zero-order valence-electron chi connectivity index (χ0n) is 12.3. The van der Waals surface area contributed by atoms with Crippen LogP contribution in [0.3, 0.4) is 0 Å². The number of amides is 1. The number of carbonyl (C=O) groups excluding carboxylic acids is 1. The maximum atomic E-state index is 11.6. The number of fused-ring (bicyclic) bond motifs is 2. The summed E-state index contributed by atoms with van der Waals surface area (Å²) in [6.07, 6.45) is 4.69. The Morgan fingerprint density at radius 2 is 2.14 bits per heavy atom. The van der Waals surface area contributed by atoms with Gasteiger partial charge in [-0.25, -0.2) is 4.79 Å². The van der Waals surface area contributed by atoms with Crippen LogP contribution in [-0.4, -0.2) is 23.3 Å². The van der Waals surface area contributed by atoms with Gasteiger partial charge in [-0.1, -0.05) is 30.3 Å². The molecule has 0 saturated heterocycles. The molecule has 3 unspecified atom stereocenters. The number of aliphatic hydroxyl groups is 1. The van der Waals surface area contributed by atoms with Gasteiger partial charge < -0.3 is 15.2 Å². The zero-order chi connectivity index (χ0) is 14.7. The molecular formula is C17H23NO3. The van der Waals surface area contributed by atoms with Gasteiger partial charge in [-0.2, -0.15) is 0 Å². The third-order valence-corrected chi connectivity index (χ3v) is 4.98. The third-order valence-electron chi connectivity index (χ3n) is 4.98. The van der Waals surface area contributed by atoms with E-state index in [1.54, 1.807) is 0 Å². The van der Waals surface area contributed by atoms with Gasteiger partial charge in [-0.05, 0) is 49.5 Å². The van der Waals surface area contributed by atoms with Gasteiger partial charge in [0.05, 0.1) is 5.60 Å². The maximum Gasteiger partial charge on any atom is 0.407 e. The molecule has 3 atom stereocenters. The van der Waals surface area contributed by atoms with Gasteiger partial charge in [-0.15, -0.1) is 0 Å². The van der Waals surface area contributed by atoms with E-state index in [1.165, 1.54) is 6.42 Å². The van der Waals surface area contributed by atoms with Gasteiger partial charge in [0.15, 0.2) is 0 Å². The Morgan fingerprint density at radius 3 is 2.81 bits per heavy atom. The number of carbonyl (C=O) groups is 1. The Balaban J connectivity index is 1.37. The molecule has 1 aromatic carbocycles. The fourth-order valence-corrected chi connectivity index (χ4v) is 3.88. The molecule has 4 nitrogen and oxygen atoms in total. The lowest BCUT2D eigenvalue weighted by molar-refractivity contribution is -0.0198. The first-order chi connectivity index (χ1) is 10.2. The summed E-state index contributed by atoms with van der Waals surface area (Å²) in [5.41, 5.74) is 0.412. The van der Waals surface area contributed by atoms with Crippen LogP contribution in [0.4, 0.5) is 4.79 Å². The van der Waals surface area contributed by atoms with Gasteiger partial charge in [0.25, 0.3) is 0 Å². The van der Waals surface area contributed by atoms with Crippen LogP contribution in [-0.2, 0) is 11.3 Å². The highest BCUT2D eigenvalue weighted by Crippen LogP contribution is 2.51. The van der Waals surface area contributed by atoms with Crippen LogP contribution in [0.2, 0.25) is 0 Å². The van der Waals surface area contributed by atoms with Crippen LogP contribution in [0.5, 0.6) is 0 Å². The normalized spacial score (nSPS) is 30.3. The monoisotopic (exact) mass is 289 g/mol. The number of benzene rings is 1. The van der Waals surface area contributed by atoms with Crippen molar-refractivity contribution in [2.24, 2.45) is 11.8 Å². The number of hydrogen-bond acceptors (Lipinski definition) is 3. The summed E-state index contributed by atoms with van der Waals surface area (Å²) in [5.74, 6) is 1.13. The predicted octanol–water partition coefficient (Wildman–Crippen LogP) is 2.85. The molecule has 1 amide bonds. The molecule has 3 rings (SSSR count). The quantitative estimate of drug-likeness (QED) is 0.876. The molecule has 2 saturated carbocycles. The van der Waals surface area contributed by atoms with Gasteiger partial charge in [0.1, 0.15) is 6.61 Å². The Morgan fingerprint density at radius 1 is 1.33 bits per heavy atom. The van der Waals surface area contributed by atoms with Crippen molar-refractivity contribution in [3.8, 4) is 0 Å². The third kappa shape index (κ3) is 3.38. The van der Waals surface area contributed by atoms with E-state index in [0.29, 0.717) is 24.8 Å². The highest BCUT2D eigenvalue weighted by Gasteiger charge is 2.49. The van der Waals surface area contributed by atoms with Crippen molar-refractivity contribution in [1.29, 1.82) is 0 Å². The van der Waals surface area contributed by atoms with Crippen molar-refractivity contribution in [2.45, 2.75) is 44.3 Å². The standard InChI is InChI=1S/C17H23NO3/c19-16(21-12-13-4-2-1-3-5-13)18-9-8-17(20)11-14-6-7-15(17)10-14/h1-5,14-15,20H,6-12H2,(H,18,19). The van der Waals surface area contributed by atoms with Crippen LogP contribution in [0.15, 0.2) is 30.3 Å². The Bertz CT molecular complexity index is 490. The van der Waals surface area contributed by atoms with Gasteiger partial charge in [0, 0.05) is 6.54 Å². The van der Waals surface area contributed by atoms with E-state index in [-0.39, 0.29) is 6.61 Å². The van der Waals surface area contributed by atoms with Crippen molar-refractivity contribution in [3.63, 3.8) is 0 Å². The summed E-state index contributed by atoms with van der Waals surface area (Å²) < 4.78 is 5.16. The minimum absolute atomic E-state index is 0.279. The van der Waals surface area contributed by atoms with Crippen molar-refractivity contribution < 1.29 is 14.6 Å². The number of hydrogen-bond donors (Lipinski definition) is 2. The van der Waals surface area contributed by atoms with Crippen LogP contribution >= 0.6 is 0 Å². The highest BCUT2D eigenvalue weighted by atomic mass is 16.5. The molecule has 0 heterocycles. The average Bonchev–Trinajstić information content (AvgIpc) is 3.06. The average molecular weight is 289 g/mol. The highest BCUT2D eigenvalue weighted by molar-refractivity contribution is 5.67. The second kappa shape index (κ2) is 6.06. The number of alkyl carbamates (subject to hydrolysis) is 1.